The Kier molecular flexibility index (Phi) is 3.29. The van der Waals surface area contributed by atoms with E-state index in [2.05, 4.69) is 0 Å². The molecule has 0 amide bonds. The molecule has 1 aromatic carbocycles. The van der Waals surface area contributed by atoms with Crippen molar-refractivity contribution in [3.63, 3.8) is 0 Å². The van der Waals surface area contributed by atoms with E-state index in [0.717, 1.165) is 12.8 Å². The van der Waals surface area contributed by atoms with Gasteiger partial charge in [-0.15, -0.1) is 0 Å². The van der Waals surface area contributed by atoms with Crippen LogP contribution in [0.1, 0.15) is 24.8 Å². The fraction of sp³-hybridized carbons (Fsp3) is 0.357. The summed E-state index contributed by atoms with van der Waals surface area (Å²) in [6, 6.07) is 8.47. The molecule has 0 aliphatic heterocycles. The van der Waals surface area contributed by atoms with Crippen molar-refractivity contribution in [2.45, 2.75) is 24.9 Å². The van der Waals surface area contributed by atoms with Crippen LogP contribution in [0.5, 0.6) is 0 Å². The smallest absolute Gasteiger partial charge is 0.373 e. The lowest BCUT2D eigenvalue weighted by molar-refractivity contribution is -0.172. The van der Waals surface area contributed by atoms with Crippen LogP contribution in [0.3, 0.4) is 0 Å². The first kappa shape index (κ1) is 11.9. The summed E-state index contributed by atoms with van der Waals surface area (Å²) in [5, 5.41) is 21.8. The topological polar surface area (TPSA) is 57.2 Å². The van der Waals surface area contributed by atoms with E-state index in [4.69, 9.17) is 0 Å². The highest BCUT2D eigenvalue weighted by molar-refractivity contribution is 5.79. The van der Waals surface area contributed by atoms with Crippen LogP contribution in [0.25, 0.3) is 0 Å². The molecule has 1 aliphatic carbocycles. The molecule has 0 fully saturated rings. The molecule has 1 radical (unpaired) electrons. The van der Waals surface area contributed by atoms with Crippen molar-refractivity contribution in [2.75, 3.05) is 0 Å². The van der Waals surface area contributed by atoms with Gasteiger partial charge in [0.2, 0.25) is 0 Å². The van der Waals surface area contributed by atoms with Gasteiger partial charge in [0, 0.05) is 5.92 Å². The van der Waals surface area contributed by atoms with Crippen molar-refractivity contribution in [1.29, 1.82) is 0 Å². The summed E-state index contributed by atoms with van der Waals surface area (Å²) in [6.45, 7) is 0. The lowest BCUT2D eigenvalue weighted by atomic mass is 9.76. The number of carbonyl (C=O) groups excluding carboxylic acids is 1. The van der Waals surface area contributed by atoms with E-state index in [9.17, 15) is 15.0 Å². The molecule has 1 N–H and O–H groups in total. The molecule has 2 rings (SSSR count). The van der Waals surface area contributed by atoms with Crippen molar-refractivity contribution >= 4 is 5.97 Å². The first-order valence-corrected chi connectivity index (χ1v) is 5.81. The van der Waals surface area contributed by atoms with Gasteiger partial charge in [-0.25, -0.2) is 9.90 Å². The summed E-state index contributed by atoms with van der Waals surface area (Å²) < 4.78 is 0. The SMILES string of the molecule is [O]C(=O)C(O)(c1ccccc1)C1C=CCCC1. The largest absolute Gasteiger partial charge is 0.391 e. The molecule has 2 atom stereocenters. The van der Waals surface area contributed by atoms with Gasteiger partial charge in [-0.2, -0.15) is 0 Å². The summed E-state index contributed by atoms with van der Waals surface area (Å²) in [7, 11) is 0. The number of benzene rings is 1. The number of rotatable bonds is 3. The van der Waals surface area contributed by atoms with Gasteiger partial charge in [0.1, 0.15) is 0 Å². The summed E-state index contributed by atoms with van der Waals surface area (Å²) in [5.41, 5.74) is -1.53. The molecule has 17 heavy (non-hydrogen) atoms. The minimum Gasteiger partial charge on any atom is -0.373 e. The zero-order valence-electron chi connectivity index (χ0n) is 9.50. The quantitative estimate of drug-likeness (QED) is 0.810. The van der Waals surface area contributed by atoms with Crippen LogP contribution in [-0.4, -0.2) is 11.1 Å². The second-order valence-electron chi connectivity index (χ2n) is 4.39. The van der Waals surface area contributed by atoms with E-state index in [1.54, 1.807) is 36.4 Å². The van der Waals surface area contributed by atoms with E-state index in [1.165, 1.54) is 0 Å². The fourth-order valence-electron chi connectivity index (χ4n) is 2.34. The first-order valence-electron chi connectivity index (χ1n) is 5.81. The van der Waals surface area contributed by atoms with Crippen molar-refractivity contribution in [3.8, 4) is 0 Å². The Labute approximate surface area is 100 Å². The maximum atomic E-state index is 11.3. The zero-order valence-corrected chi connectivity index (χ0v) is 9.50. The van der Waals surface area contributed by atoms with Gasteiger partial charge in [-0.05, 0) is 24.8 Å². The van der Waals surface area contributed by atoms with Crippen molar-refractivity contribution in [1.82, 2.24) is 0 Å². The van der Waals surface area contributed by atoms with E-state index in [-0.39, 0.29) is 0 Å². The number of hydrogen-bond acceptors (Lipinski definition) is 2. The Morgan fingerprint density at radius 1 is 1.29 bits per heavy atom. The Bertz CT molecular complexity index is 424. The second-order valence-corrected chi connectivity index (χ2v) is 4.39. The number of aliphatic hydroxyl groups is 1. The normalized spacial score (nSPS) is 23.0. The maximum Gasteiger partial charge on any atom is 0.391 e. The van der Waals surface area contributed by atoms with Crippen molar-refractivity contribution in [2.24, 2.45) is 5.92 Å². The average Bonchev–Trinajstić information content (AvgIpc) is 2.39. The van der Waals surface area contributed by atoms with Crippen LogP contribution < -0.4 is 0 Å². The molecular weight excluding hydrogens is 216 g/mol. The number of carbonyl (C=O) groups is 1. The Morgan fingerprint density at radius 3 is 2.53 bits per heavy atom. The number of allylic oxidation sites excluding steroid dienone is 1. The van der Waals surface area contributed by atoms with Crippen LogP contribution in [0.15, 0.2) is 42.5 Å². The van der Waals surface area contributed by atoms with Gasteiger partial charge >= 0.3 is 5.97 Å². The minimum atomic E-state index is -1.92. The molecule has 0 heterocycles. The van der Waals surface area contributed by atoms with Crippen LogP contribution in [-0.2, 0) is 15.5 Å². The highest BCUT2D eigenvalue weighted by atomic mass is 16.4. The molecule has 3 heteroatoms. The van der Waals surface area contributed by atoms with Crippen molar-refractivity contribution in [3.05, 3.63) is 48.0 Å². The van der Waals surface area contributed by atoms with E-state index in [1.807, 2.05) is 6.08 Å². The van der Waals surface area contributed by atoms with Crippen LogP contribution >= 0.6 is 0 Å². The zero-order chi connectivity index (χ0) is 12.3. The third-order valence-corrected chi connectivity index (χ3v) is 3.32. The van der Waals surface area contributed by atoms with E-state index < -0.39 is 17.5 Å². The third-order valence-electron chi connectivity index (χ3n) is 3.32. The molecule has 0 aromatic heterocycles. The lowest BCUT2D eigenvalue weighted by Gasteiger charge is -2.31. The molecular formula is C14H15O3. The predicted molar refractivity (Wildman–Crippen MR) is 62.5 cm³/mol. The summed E-state index contributed by atoms with van der Waals surface area (Å²) in [4.78, 5) is 11.3. The molecule has 3 nitrogen and oxygen atoms in total. The maximum absolute atomic E-state index is 11.3. The molecule has 0 spiro atoms. The monoisotopic (exact) mass is 231 g/mol. The third kappa shape index (κ3) is 2.11. The highest BCUT2D eigenvalue weighted by Gasteiger charge is 2.46. The minimum absolute atomic E-state index is 0.386. The summed E-state index contributed by atoms with van der Waals surface area (Å²) in [5.74, 6) is -1.84. The molecule has 0 saturated carbocycles. The molecule has 0 bridgehead atoms. The summed E-state index contributed by atoms with van der Waals surface area (Å²) >= 11 is 0. The summed E-state index contributed by atoms with van der Waals surface area (Å²) in [6.07, 6.45) is 6.20. The molecule has 0 saturated heterocycles. The fourth-order valence-corrected chi connectivity index (χ4v) is 2.34. The Morgan fingerprint density at radius 2 is 2.00 bits per heavy atom. The van der Waals surface area contributed by atoms with Crippen LogP contribution in [0, 0.1) is 5.92 Å². The Hall–Kier alpha value is -1.61. The molecule has 89 valence electrons. The van der Waals surface area contributed by atoms with Gasteiger partial charge in [-0.1, -0.05) is 42.5 Å². The van der Waals surface area contributed by atoms with Gasteiger partial charge in [0.05, 0.1) is 0 Å². The first-order chi connectivity index (χ1) is 8.15. The molecule has 1 aromatic rings. The highest BCUT2D eigenvalue weighted by Crippen LogP contribution is 2.36. The van der Waals surface area contributed by atoms with Gasteiger partial charge in [-0.3, -0.25) is 0 Å². The van der Waals surface area contributed by atoms with Crippen molar-refractivity contribution < 1.29 is 15.0 Å². The molecule has 1 aliphatic rings. The molecule has 2 unspecified atom stereocenters. The van der Waals surface area contributed by atoms with Crippen LogP contribution in [0.4, 0.5) is 0 Å². The van der Waals surface area contributed by atoms with Gasteiger partial charge in [0.25, 0.3) is 0 Å². The van der Waals surface area contributed by atoms with Gasteiger partial charge in [0.15, 0.2) is 5.60 Å². The lowest BCUT2D eigenvalue weighted by Crippen LogP contribution is -2.42. The predicted octanol–water partition coefficient (Wildman–Crippen LogP) is 2.19. The van der Waals surface area contributed by atoms with Gasteiger partial charge < -0.3 is 5.11 Å². The second kappa shape index (κ2) is 4.72. The standard InChI is InChI=1S/C14H15O3/c15-13(16)14(17,11-7-3-1-4-8-11)12-9-5-2-6-10-12/h1,3-5,7-9,12,17H,2,6,10H2. The Balaban J connectivity index is 2.42. The van der Waals surface area contributed by atoms with E-state index in [0.29, 0.717) is 12.0 Å². The number of hydrogen-bond donors (Lipinski definition) is 1. The average molecular weight is 231 g/mol. The van der Waals surface area contributed by atoms with E-state index >= 15 is 0 Å². The van der Waals surface area contributed by atoms with Crippen LogP contribution in [0.2, 0.25) is 0 Å².